The number of nitrogens with zero attached hydrogens (tertiary/aromatic N) is 4. The van der Waals surface area contributed by atoms with Gasteiger partial charge in [0, 0.05) is 64.5 Å². The van der Waals surface area contributed by atoms with Gasteiger partial charge in [-0.2, -0.15) is 0 Å². The molecule has 1 fully saturated rings. The Bertz CT molecular complexity index is 3340. The zero-order valence-corrected chi connectivity index (χ0v) is 65.6. The Morgan fingerprint density at radius 3 is 1.01 bits per heavy atom. The van der Waals surface area contributed by atoms with Crippen molar-refractivity contribution >= 4 is 71.1 Å². The summed E-state index contributed by atoms with van der Waals surface area (Å²) in [6.07, 6.45) is -6.01. The zero-order valence-electron chi connectivity index (χ0n) is 65.6. The lowest BCUT2D eigenvalue weighted by Gasteiger charge is -2.35. The van der Waals surface area contributed by atoms with Gasteiger partial charge in [0.15, 0.2) is 12.2 Å². The highest BCUT2D eigenvalue weighted by molar-refractivity contribution is 5.97. The van der Waals surface area contributed by atoms with Crippen molar-refractivity contribution in [2.75, 3.05) is 65.0 Å². The van der Waals surface area contributed by atoms with Gasteiger partial charge in [-0.25, -0.2) is 19.2 Å². The minimum Gasteiger partial charge on any atom is -0.508 e. The number of cyclic esters (lactones) is 4. The van der Waals surface area contributed by atoms with Crippen LogP contribution in [0.2, 0.25) is 0 Å². The molecule has 5 rings (SSSR count). The van der Waals surface area contributed by atoms with E-state index in [4.69, 9.17) is 28.4 Å². The number of phenols is 2. The third-order valence-electron chi connectivity index (χ3n) is 17.6. The van der Waals surface area contributed by atoms with Crippen LogP contribution in [0.1, 0.15) is 171 Å². The summed E-state index contributed by atoms with van der Waals surface area (Å²) >= 11 is 0. The van der Waals surface area contributed by atoms with Gasteiger partial charge >= 0.3 is 36.1 Å². The molecule has 584 valence electrons. The highest BCUT2D eigenvalue weighted by atomic mass is 16.6. The number of rotatable bonds is 22. The van der Waals surface area contributed by atoms with Gasteiger partial charge in [0.1, 0.15) is 59.1 Å². The number of benzene rings is 4. The van der Waals surface area contributed by atoms with Crippen LogP contribution in [0.4, 0.5) is 21.0 Å². The van der Waals surface area contributed by atoms with E-state index in [0.717, 1.165) is 0 Å². The van der Waals surface area contributed by atoms with Crippen LogP contribution in [-0.2, 0) is 79.6 Å². The first kappa shape index (κ1) is 87.3. The quantitative estimate of drug-likeness (QED) is 0.0314. The minimum absolute atomic E-state index is 0.0191. The fourth-order valence-electron chi connectivity index (χ4n) is 12.2. The minimum atomic E-state index is -1.53. The Kier molecular flexibility index (Phi) is 32.9. The van der Waals surface area contributed by atoms with Crippen LogP contribution in [0.5, 0.6) is 11.5 Å². The molecule has 0 radical (unpaired) electrons. The molecule has 106 heavy (non-hydrogen) atoms. The van der Waals surface area contributed by atoms with E-state index in [1.807, 2.05) is 55.4 Å². The fraction of sp³-hybridized carbons (Fsp3) is 0.575. The van der Waals surface area contributed by atoms with Gasteiger partial charge < -0.3 is 69.7 Å². The smallest absolute Gasteiger partial charge is 0.407 e. The van der Waals surface area contributed by atoms with Gasteiger partial charge in [0.2, 0.25) is 11.8 Å². The number of amides is 6. The lowest BCUT2D eigenvalue weighted by Crippen LogP contribution is -2.53. The summed E-state index contributed by atoms with van der Waals surface area (Å²) in [6.45, 7) is 28.4. The summed E-state index contributed by atoms with van der Waals surface area (Å²) in [5.41, 5.74) is 1.09. The second-order valence-electron chi connectivity index (χ2n) is 31.5. The summed E-state index contributed by atoms with van der Waals surface area (Å²) in [5, 5.41) is 31.2. The normalized spacial score (nSPS) is 21.3. The van der Waals surface area contributed by atoms with Crippen molar-refractivity contribution in [1.82, 2.24) is 30.2 Å². The highest BCUT2D eigenvalue weighted by Gasteiger charge is 2.41. The number of alkyl carbamates (subject to hydrolysis) is 2. The lowest BCUT2D eigenvalue weighted by atomic mass is 9.97. The number of likely N-dealkylation sites (N-methyl/N-ethyl adjacent to an activating group) is 4. The second-order valence-corrected chi connectivity index (χ2v) is 31.5. The molecule has 0 bridgehead atoms. The third-order valence-corrected chi connectivity index (χ3v) is 17.6. The Morgan fingerprint density at radius 1 is 0.443 bits per heavy atom. The van der Waals surface area contributed by atoms with Gasteiger partial charge in [-0.05, 0) is 190 Å². The molecule has 0 aromatic heterocycles. The Morgan fingerprint density at radius 2 is 0.726 bits per heavy atom. The molecule has 0 saturated carbocycles. The standard InChI is InChI=1S/C80H116N8O18/c1-47(2)37-63-73(95)103-67(41-53-21-29-57(30-22-53)83-69(91)61(55-25-33-59(89)34-26-55)43-81-77(99)105-79(11,12)13)71(93)87(19)66(40-50(7)8)76(98)102-52(10)46-86(18)64(38-48(3)4)74(96)104-68(72(94)88(20)65(39-49(5)6)75(97)101-51(9)45-85(63)17)42-54-23-31-58(32-24-54)84-70(92)62(56-27-35-60(90)36-28-56)44-82-78(100)106-80(14,15)16/h21-36,47-52,61-68,89-90H,37-46H2,1-20H3,(H,81,99)(H,82,100)(H,83,91)(H,84,92). The molecule has 10 unspecified atom stereocenters. The van der Waals surface area contributed by atoms with Crippen LogP contribution < -0.4 is 21.3 Å². The molecule has 26 nitrogen and oxygen atoms in total. The average Bonchev–Trinajstić information content (AvgIpc) is 0.828. The first-order valence-electron chi connectivity index (χ1n) is 36.5. The van der Waals surface area contributed by atoms with E-state index in [0.29, 0.717) is 33.6 Å². The molecular formula is C80H116N8O18. The van der Waals surface area contributed by atoms with E-state index >= 15 is 19.2 Å². The van der Waals surface area contributed by atoms with Crippen LogP contribution in [0.25, 0.3) is 0 Å². The molecule has 4 aromatic carbocycles. The van der Waals surface area contributed by atoms with E-state index in [1.54, 1.807) is 152 Å². The molecule has 6 amide bonds. The third kappa shape index (κ3) is 28.5. The number of hydrogen-bond acceptors (Lipinski definition) is 20. The molecule has 4 aromatic rings. The van der Waals surface area contributed by atoms with Crippen molar-refractivity contribution in [2.24, 2.45) is 23.7 Å². The van der Waals surface area contributed by atoms with E-state index < -0.39 is 131 Å². The predicted molar refractivity (Wildman–Crippen MR) is 402 cm³/mol. The fourth-order valence-corrected chi connectivity index (χ4v) is 12.2. The van der Waals surface area contributed by atoms with Gasteiger partial charge in [0.25, 0.3) is 11.8 Å². The Hall–Kier alpha value is -9.30. The molecule has 1 heterocycles. The van der Waals surface area contributed by atoms with Crippen molar-refractivity contribution in [3.8, 4) is 11.5 Å². The maximum Gasteiger partial charge on any atom is 0.407 e. The van der Waals surface area contributed by atoms with Crippen LogP contribution >= 0.6 is 0 Å². The summed E-state index contributed by atoms with van der Waals surface area (Å²) < 4.78 is 36.0. The Balaban J connectivity index is 1.52. The number of aromatic hydroxyl groups is 2. The predicted octanol–water partition coefficient (Wildman–Crippen LogP) is 10.5. The molecule has 26 heteroatoms. The number of carbonyl (C=O) groups excluding carboxylic acids is 10. The SMILES string of the molecule is CC(C)CC1C(=O)OC(Cc2ccc(NC(=O)C(CNC(=O)OC(C)(C)C)c3ccc(O)cc3)cc2)C(=O)N(C)C(CC(C)C)C(=O)OC(C)CN(C)C(CC(C)C)C(=O)OC(Cc2ccc(NC(=O)C(CNC(=O)OC(C)(C)C)c3ccc(O)cc3)cc2)C(=O)N(C)C(CC(C)C)C(=O)OC(C)CN1C. The second kappa shape index (κ2) is 39.9. The first-order valence-corrected chi connectivity index (χ1v) is 36.5. The molecule has 0 aliphatic carbocycles. The maximum atomic E-state index is 15.3. The molecule has 6 N–H and O–H groups in total. The topological polar surface area (TPSA) is 328 Å². The highest BCUT2D eigenvalue weighted by Crippen LogP contribution is 2.28. The Labute approximate surface area is 625 Å². The molecule has 10 atom stereocenters. The number of ether oxygens (including phenoxy) is 6. The molecule has 1 aliphatic heterocycles. The van der Waals surface area contributed by atoms with Crippen molar-refractivity contribution in [3.05, 3.63) is 119 Å². The number of anilines is 2. The molecule has 0 spiro atoms. The number of esters is 4. The number of nitrogens with one attached hydrogen (secondary N) is 4. The largest absolute Gasteiger partial charge is 0.508 e. The number of phenolic OH excluding ortho intramolecular Hbond substituents is 2. The van der Waals surface area contributed by atoms with Crippen molar-refractivity contribution in [2.45, 2.75) is 221 Å². The van der Waals surface area contributed by atoms with Gasteiger partial charge in [-0.15, -0.1) is 0 Å². The first-order chi connectivity index (χ1) is 49.5. The van der Waals surface area contributed by atoms with E-state index in [-0.39, 0.29) is 99.9 Å². The number of hydrogen-bond donors (Lipinski definition) is 6. The summed E-state index contributed by atoms with van der Waals surface area (Å²) in [5.74, 6) is -7.96. The van der Waals surface area contributed by atoms with Crippen molar-refractivity contribution < 1.29 is 86.6 Å². The van der Waals surface area contributed by atoms with Crippen LogP contribution in [0, 0.1) is 23.7 Å². The summed E-state index contributed by atoms with van der Waals surface area (Å²) in [6, 6.07) is 20.6. The van der Waals surface area contributed by atoms with Gasteiger partial charge in [0.05, 0.1) is 11.8 Å². The summed E-state index contributed by atoms with van der Waals surface area (Å²) in [7, 11) is 6.23. The molecular weight excluding hydrogens is 1360 g/mol. The van der Waals surface area contributed by atoms with Crippen LogP contribution in [-0.4, -0.2) is 204 Å². The lowest BCUT2D eigenvalue weighted by molar-refractivity contribution is -0.171. The van der Waals surface area contributed by atoms with E-state index in [1.165, 1.54) is 48.2 Å². The summed E-state index contributed by atoms with van der Waals surface area (Å²) in [4.78, 5) is 150. The van der Waals surface area contributed by atoms with E-state index in [9.17, 15) is 39.0 Å². The van der Waals surface area contributed by atoms with Gasteiger partial charge in [-0.3, -0.25) is 38.6 Å². The van der Waals surface area contributed by atoms with Crippen molar-refractivity contribution in [3.63, 3.8) is 0 Å². The van der Waals surface area contributed by atoms with Gasteiger partial charge in [-0.1, -0.05) is 104 Å². The van der Waals surface area contributed by atoms with Crippen molar-refractivity contribution in [1.29, 1.82) is 0 Å². The van der Waals surface area contributed by atoms with Crippen LogP contribution in [0.15, 0.2) is 97.1 Å². The van der Waals surface area contributed by atoms with E-state index in [2.05, 4.69) is 21.3 Å². The average molecular weight is 1480 g/mol. The molecule has 1 saturated heterocycles. The zero-order chi connectivity index (χ0) is 79.2. The maximum absolute atomic E-state index is 15.3. The van der Waals surface area contributed by atoms with Crippen LogP contribution in [0.3, 0.4) is 0 Å². The number of carbonyl (C=O) groups is 10. The molecule has 1 aliphatic rings. The monoisotopic (exact) mass is 1480 g/mol.